The summed E-state index contributed by atoms with van der Waals surface area (Å²) in [6.45, 7) is 11.7. The molecule has 3 saturated heterocycles. The van der Waals surface area contributed by atoms with Gasteiger partial charge in [-0.25, -0.2) is 14.5 Å². The number of amides is 2. The van der Waals surface area contributed by atoms with Gasteiger partial charge in [-0.1, -0.05) is 25.3 Å². The van der Waals surface area contributed by atoms with Crippen molar-refractivity contribution in [2.24, 2.45) is 0 Å². The van der Waals surface area contributed by atoms with Crippen LogP contribution in [0.1, 0.15) is 13.8 Å². The van der Waals surface area contributed by atoms with Crippen molar-refractivity contribution < 1.29 is 33.3 Å². The average molecular weight is 397 g/mol. The zero-order chi connectivity index (χ0) is 20.4. The molecule has 0 spiro atoms. The minimum atomic E-state index is -0.805. The highest BCUT2D eigenvalue weighted by atomic mass is 16.7. The minimum Gasteiger partial charge on any atom is -0.445 e. The zero-order valence-electron chi connectivity index (χ0n) is 16.1. The molecule has 0 aromatic carbocycles. The lowest BCUT2D eigenvalue weighted by atomic mass is 10.1. The van der Waals surface area contributed by atoms with Crippen LogP contribution in [0.2, 0.25) is 0 Å². The number of nitrogens with one attached hydrogen (secondary N) is 2. The van der Waals surface area contributed by atoms with Gasteiger partial charge < -0.3 is 34.3 Å². The number of carbonyl (C=O) groups excluding carboxylic acids is 2. The molecule has 0 aromatic heterocycles. The van der Waals surface area contributed by atoms with Gasteiger partial charge in [0.2, 0.25) is 0 Å². The van der Waals surface area contributed by atoms with Crippen molar-refractivity contribution >= 4 is 12.2 Å². The Kier molecular flexibility index (Phi) is 5.94. The fraction of sp³-hybridized carbons (Fsp3) is 0.667. The second-order valence-corrected chi connectivity index (χ2v) is 7.28. The summed E-state index contributed by atoms with van der Waals surface area (Å²) in [7, 11) is 0. The Morgan fingerprint density at radius 2 is 1.57 bits per heavy atom. The smallest absolute Gasteiger partial charge is 0.407 e. The fourth-order valence-electron chi connectivity index (χ4n) is 3.66. The van der Waals surface area contributed by atoms with E-state index >= 15 is 0 Å². The molecule has 2 amide bonds. The van der Waals surface area contributed by atoms with Gasteiger partial charge in [0.05, 0.1) is 19.7 Å². The Labute approximate surface area is 163 Å². The van der Waals surface area contributed by atoms with Crippen molar-refractivity contribution in [3.05, 3.63) is 25.3 Å². The van der Waals surface area contributed by atoms with Gasteiger partial charge in [-0.05, 0) is 13.8 Å². The summed E-state index contributed by atoms with van der Waals surface area (Å²) in [5, 5.41) is 5.38. The monoisotopic (exact) mass is 397 g/mol. The maximum Gasteiger partial charge on any atom is 0.407 e. The molecular weight excluding hydrogens is 370 g/mol. The second kappa shape index (κ2) is 8.08. The Balaban J connectivity index is 1.62. The van der Waals surface area contributed by atoms with Crippen LogP contribution in [-0.2, 0) is 23.7 Å². The summed E-state index contributed by atoms with van der Waals surface area (Å²) in [5.74, 6) is 0. The van der Waals surface area contributed by atoms with Crippen LogP contribution in [0.15, 0.2) is 25.3 Å². The van der Waals surface area contributed by atoms with E-state index in [1.807, 2.05) is 18.7 Å². The van der Waals surface area contributed by atoms with E-state index in [1.54, 1.807) is 0 Å². The first-order chi connectivity index (χ1) is 13.3. The van der Waals surface area contributed by atoms with Crippen molar-refractivity contribution in [3.8, 4) is 0 Å². The largest absolute Gasteiger partial charge is 0.445 e. The van der Waals surface area contributed by atoms with E-state index in [0.717, 1.165) is 0 Å². The van der Waals surface area contributed by atoms with E-state index < -0.39 is 35.8 Å². The van der Waals surface area contributed by atoms with Crippen LogP contribution >= 0.6 is 0 Å². The van der Waals surface area contributed by atoms with Crippen molar-refractivity contribution in [1.82, 2.24) is 15.5 Å². The third kappa shape index (κ3) is 3.86. The first kappa shape index (κ1) is 20.6. The number of alkyl carbamates (subject to hydrolysis) is 2. The molecule has 28 heavy (non-hydrogen) atoms. The number of ether oxygens (including phenoxy) is 5. The van der Waals surface area contributed by atoms with E-state index in [9.17, 15) is 9.59 Å². The Hall–Kier alpha value is -2.14. The lowest BCUT2D eigenvalue weighted by Gasteiger charge is -2.32. The number of rotatable bonds is 8. The van der Waals surface area contributed by atoms with Gasteiger partial charge in [0, 0.05) is 0 Å². The highest BCUT2D eigenvalue weighted by Gasteiger charge is 2.67. The van der Waals surface area contributed by atoms with Gasteiger partial charge in [0.15, 0.2) is 0 Å². The molecule has 10 nitrogen and oxygen atoms in total. The molecule has 5 atom stereocenters. The Morgan fingerprint density at radius 1 is 1.04 bits per heavy atom. The van der Waals surface area contributed by atoms with Crippen LogP contribution in [0.5, 0.6) is 0 Å². The van der Waals surface area contributed by atoms with Crippen LogP contribution in [0.25, 0.3) is 0 Å². The van der Waals surface area contributed by atoms with Crippen molar-refractivity contribution in [1.29, 1.82) is 0 Å². The third-order valence-corrected chi connectivity index (χ3v) is 4.93. The van der Waals surface area contributed by atoms with Crippen LogP contribution in [0.4, 0.5) is 9.59 Å². The molecule has 3 heterocycles. The van der Waals surface area contributed by atoms with Crippen LogP contribution in [0, 0.1) is 0 Å². The topological polar surface area (TPSA) is 108 Å². The van der Waals surface area contributed by atoms with Gasteiger partial charge in [0.1, 0.15) is 43.1 Å². The summed E-state index contributed by atoms with van der Waals surface area (Å²) < 4.78 is 28.1. The van der Waals surface area contributed by atoms with Crippen molar-refractivity contribution in [2.45, 2.75) is 43.7 Å². The van der Waals surface area contributed by atoms with Gasteiger partial charge in [-0.3, -0.25) is 0 Å². The lowest BCUT2D eigenvalue weighted by molar-refractivity contribution is -0.126. The molecule has 3 aliphatic heterocycles. The number of carbonyl (C=O) groups is 2. The first-order valence-electron chi connectivity index (χ1n) is 9.11. The maximum absolute atomic E-state index is 11.8. The van der Waals surface area contributed by atoms with Crippen LogP contribution in [0.3, 0.4) is 0 Å². The third-order valence-electron chi connectivity index (χ3n) is 4.93. The Bertz CT molecular complexity index is 617. The molecule has 0 unspecified atom stereocenters. The second-order valence-electron chi connectivity index (χ2n) is 7.28. The molecule has 3 aliphatic rings. The number of hydrogen-bond donors (Lipinski definition) is 2. The van der Waals surface area contributed by atoms with Gasteiger partial charge >= 0.3 is 12.2 Å². The quantitative estimate of drug-likeness (QED) is 0.577. The molecule has 0 saturated carbocycles. The summed E-state index contributed by atoms with van der Waals surface area (Å²) in [5.41, 5.74) is -1.61. The number of nitrogens with zero attached hydrogens (tertiary/aromatic N) is 1. The average Bonchev–Trinajstić information content (AvgIpc) is 3.29. The number of hydrogen-bond acceptors (Lipinski definition) is 8. The summed E-state index contributed by atoms with van der Waals surface area (Å²) >= 11 is 0. The van der Waals surface area contributed by atoms with Crippen LogP contribution in [-0.4, -0.2) is 79.9 Å². The maximum atomic E-state index is 11.8. The molecule has 3 fully saturated rings. The van der Waals surface area contributed by atoms with Gasteiger partial charge in [0.25, 0.3) is 0 Å². The fourth-order valence-corrected chi connectivity index (χ4v) is 3.66. The summed E-state index contributed by atoms with van der Waals surface area (Å²) in [6.07, 6.45) is 0.723. The van der Waals surface area contributed by atoms with E-state index in [2.05, 4.69) is 23.8 Å². The van der Waals surface area contributed by atoms with E-state index in [4.69, 9.17) is 23.7 Å². The molecule has 0 aromatic rings. The zero-order valence-corrected chi connectivity index (χ0v) is 16.1. The predicted molar refractivity (Wildman–Crippen MR) is 97.2 cm³/mol. The van der Waals surface area contributed by atoms with Crippen molar-refractivity contribution in [2.75, 3.05) is 32.9 Å². The SMILES string of the molecule is C=CCOC(=O)NC[C@]1(C)O[C@H]2CO[C@@H]3N2[C@H]1O[C@@]3(C)CNC(=O)OCC=C. The summed E-state index contributed by atoms with van der Waals surface area (Å²) in [4.78, 5) is 25.5. The lowest BCUT2D eigenvalue weighted by Crippen LogP contribution is -2.51. The Morgan fingerprint density at radius 3 is 2.11 bits per heavy atom. The highest BCUT2D eigenvalue weighted by Crippen LogP contribution is 2.48. The van der Waals surface area contributed by atoms with E-state index in [-0.39, 0.29) is 32.5 Å². The van der Waals surface area contributed by atoms with Crippen molar-refractivity contribution in [3.63, 3.8) is 0 Å². The molecule has 0 aliphatic carbocycles. The highest BCUT2D eigenvalue weighted by molar-refractivity contribution is 5.67. The predicted octanol–water partition coefficient (Wildman–Crippen LogP) is 0.699. The molecule has 3 rings (SSSR count). The minimum absolute atomic E-state index is 0.125. The van der Waals surface area contributed by atoms with Crippen LogP contribution < -0.4 is 10.6 Å². The molecule has 10 heteroatoms. The molecule has 2 N–H and O–H groups in total. The van der Waals surface area contributed by atoms with E-state index in [0.29, 0.717) is 6.61 Å². The normalized spacial score (nSPS) is 35.9. The standard InChI is InChI=1S/C18H27N3O7/c1-5-7-24-15(22)19-10-17(3)13-21-12(9-26-13)27-18(4,14(21)28-17)11-20-16(23)25-8-6-2/h5-6,12-14H,1-2,7-11H2,3-4H3,(H,19,22)(H,20,23)/t12-,13-,14-,17-,18-/m0/s1. The summed E-state index contributed by atoms with van der Waals surface area (Å²) in [6, 6.07) is 0. The molecule has 0 radical (unpaired) electrons. The molecule has 156 valence electrons. The van der Waals surface area contributed by atoms with Gasteiger partial charge in [-0.15, -0.1) is 0 Å². The molecule has 0 bridgehead atoms. The molecular formula is C18H27N3O7. The first-order valence-corrected chi connectivity index (χ1v) is 9.11. The van der Waals surface area contributed by atoms with Gasteiger partial charge in [-0.2, -0.15) is 0 Å². The van der Waals surface area contributed by atoms with E-state index in [1.165, 1.54) is 12.2 Å².